The van der Waals surface area contributed by atoms with Gasteiger partial charge in [-0.1, -0.05) is 20.8 Å². The molecule has 1 rings (SSSR count). The van der Waals surface area contributed by atoms with E-state index in [1.807, 2.05) is 0 Å². The van der Waals surface area contributed by atoms with E-state index in [-0.39, 0.29) is 29.9 Å². The second-order valence-corrected chi connectivity index (χ2v) is 6.81. The second-order valence-electron chi connectivity index (χ2n) is 6.81. The normalized spacial score (nSPS) is 23.1. The van der Waals surface area contributed by atoms with Crippen molar-refractivity contribution in [2.75, 3.05) is 13.7 Å². The zero-order valence-corrected chi connectivity index (χ0v) is 13.0. The molecule has 5 nitrogen and oxygen atoms in total. The van der Waals surface area contributed by atoms with Crippen LogP contribution in [0.25, 0.3) is 0 Å². The number of amides is 1. The summed E-state index contributed by atoms with van der Waals surface area (Å²) in [6.07, 6.45) is 2.91. The number of carbonyl (C=O) groups is 2. The Bertz CT molecular complexity index is 348. The summed E-state index contributed by atoms with van der Waals surface area (Å²) in [5.41, 5.74) is 0.223. The van der Waals surface area contributed by atoms with Crippen molar-refractivity contribution in [3.63, 3.8) is 0 Å². The summed E-state index contributed by atoms with van der Waals surface area (Å²) in [7, 11) is 1.61. The number of nitrogens with zero attached hydrogens (tertiary/aromatic N) is 1. The SMILES string of the molecule is COC1CC(CC(=O)O)N(C(=O)CCCC(C)(C)C)C1. The Balaban J connectivity index is 2.52. The minimum Gasteiger partial charge on any atom is -0.481 e. The van der Waals surface area contributed by atoms with Gasteiger partial charge in [0.2, 0.25) is 5.91 Å². The number of carboxylic acid groups (broad SMARTS) is 1. The molecule has 2 unspecified atom stereocenters. The lowest BCUT2D eigenvalue weighted by atomic mass is 9.90. The molecule has 0 aromatic carbocycles. The highest BCUT2D eigenvalue weighted by atomic mass is 16.5. The molecule has 1 amide bonds. The number of hydrogen-bond acceptors (Lipinski definition) is 3. The number of carbonyl (C=O) groups excluding carboxylic acids is 1. The Morgan fingerprint density at radius 1 is 1.35 bits per heavy atom. The standard InChI is InChI=1S/C15H27NO4/c1-15(2,3)7-5-6-13(17)16-10-12(20-4)8-11(16)9-14(18)19/h11-12H,5-10H2,1-4H3,(H,18,19). The van der Waals surface area contributed by atoms with Crippen molar-refractivity contribution >= 4 is 11.9 Å². The smallest absolute Gasteiger partial charge is 0.305 e. The maximum Gasteiger partial charge on any atom is 0.305 e. The third kappa shape index (κ3) is 5.49. The van der Waals surface area contributed by atoms with Gasteiger partial charge in [0.25, 0.3) is 0 Å². The summed E-state index contributed by atoms with van der Waals surface area (Å²) in [6.45, 7) is 6.98. The van der Waals surface area contributed by atoms with Crippen LogP contribution in [-0.2, 0) is 14.3 Å². The Kier molecular flexibility index (Phi) is 5.99. The van der Waals surface area contributed by atoms with Gasteiger partial charge in [0.15, 0.2) is 0 Å². The van der Waals surface area contributed by atoms with Gasteiger partial charge in [-0.3, -0.25) is 9.59 Å². The Morgan fingerprint density at radius 3 is 2.50 bits per heavy atom. The average Bonchev–Trinajstić information content (AvgIpc) is 2.69. The minimum atomic E-state index is -0.862. The predicted molar refractivity (Wildman–Crippen MR) is 76.5 cm³/mol. The molecule has 0 saturated carbocycles. The highest BCUT2D eigenvalue weighted by molar-refractivity contribution is 5.78. The van der Waals surface area contributed by atoms with E-state index in [1.54, 1.807) is 12.0 Å². The molecule has 5 heteroatoms. The lowest BCUT2D eigenvalue weighted by molar-refractivity contribution is -0.139. The van der Waals surface area contributed by atoms with Crippen molar-refractivity contribution in [1.29, 1.82) is 0 Å². The lowest BCUT2D eigenvalue weighted by Gasteiger charge is -2.24. The number of ether oxygens (including phenoxy) is 1. The van der Waals surface area contributed by atoms with Crippen LogP contribution in [0, 0.1) is 5.41 Å². The molecule has 1 fully saturated rings. The molecule has 0 aromatic heterocycles. The third-order valence-electron chi connectivity index (χ3n) is 3.76. The molecule has 0 bridgehead atoms. The number of likely N-dealkylation sites (tertiary alicyclic amines) is 1. The highest BCUT2D eigenvalue weighted by Gasteiger charge is 2.36. The molecule has 0 radical (unpaired) electrons. The topological polar surface area (TPSA) is 66.8 Å². The molecule has 0 aromatic rings. The summed E-state index contributed by atoms with van der Waals surface area (Å²) in [6, 6.07) is -0.223. The minimum absolute atomic E-state index is 0.00483. The van der Waals surface area contributed by atoms with Gasteiger partial charge in [0.05, 0.1) is 12.5 Å². The van der Waals surface area contributed by atoms with Crippen molar-refractivity contribution < 1.29 is 19.4 Å². The molecule has 0 aliphatic carbocycles. The van der Waals surface area contributed by atoms with E-state index in [2.05, 4.69) is 20.8 Å². The van der Waals surface area contributed by atoms with Crippen LogP contribution >= 0.6 is 0 Å². The summed E-state index contributed by atoms with van der Waals surface area (Å²) in [5, 5.41) is 8.94. The fraction of sp³-hybridized carbons (Fsp3) is 0.867. The first kappa shape index (κ1) is 17.0. The number of aliphatic carboxylic acids is 1. The molecule has 1 aliphatic rings. The maximum absolute atomic E-state index is 12.3. The van der Waals surface area contributed by atoms with Gasteiger partial charge in [-0.25, -0.2) is 0 Å². The maximum atomic E-state index is 12.3. The number of rotatable bonds is 6. The van der Waals surface area contributed by atoms with Gasteiger partial charge >= 0.3 is 5.97 Å². The van der Waals surface area contributed by atoms with Crippen LogP contribution in [0.2, 0.25) is 0 Å². The zero-order valence-electron chi connectivity index (χ0n) is 13.0. The Labute approximate surface area is 121 Å². The van der Waals surface area contributed by atoms with E-state index in [1.165, 1.54) is 0 Å². The van der Waals surface area contributed by atoms with Crippen molar-refractivity contribution in [2.45, 2.75) is 65.0 Å². The molecule has 1 N–H and O–H groups in total. The van der Waals surface area contributed by atoms with Crippen LogP contribution in [0.3, 0.4) is 0 Å². The first-order valence-electron chi connectivity index (χ1n) is 7.27. The van der Waals surface area contributed by atoms with Crippen LogP contribution in [0.5, 0.6) is 0 Å². The van der Waals surface area contributed by atoms with E-state index >= 15 is 0 Å². The summed E-state index contributed by atoms with van der Waals surface area (Å²) < 4.78 is 5.28. The van der Waals surface area contributed by atoms with E-state index in [0.29, 0.717) is 19.4 Å². The predicted octanol–water partition coefficient (Wildman–Crippen LogP) is 2.29. The van der Waals surface area contributed by atoms with E-state index in [0.717, 1.165) is 12.8 Å². The van der Waals surface area contributed by atoms with Crippen molar-refractivity contribution in [3.8, 4) is 0 Å². The monoisotopic (exact) mass is 285 g/mol. The van der Waals surface area contributed by atoms with E-state index < -0.39 is 5.97 Å². The second kappa shape index (κ2) is 7.07. The van der Waals surface area contributed by atoms with Crippen LogP contribution in [0.4, 0.5) is 0 Å². The number of methoxy groups -OCH3 is 1. The molecular formula is C15H27NO4. The molecule has 1 saturated heterocycles. The molecule has 2 atom stereocenters. The first-order chi connectivity index (χ1) is 9.23. The first-order valence-corrected chi connectivity index (χ1v) is 7.27. The Morgan fingerprint density at radius 2 is 2.00 bits per heavy atom. The van der Waals surface area contributed by atoms with Crippen LogP contribution < -0.4 is 0 Å². The van der Waals surface area contributed by atoms with E-state index in [9.17, 15) is 9.59 Å². The number of hydrogen-bond donors (Lipinski definition) is 1. The molecular weight excluding hydrogens is 258 g/mol. The number of carboxylic acids is 1. The van der Waals surface area contributed by atoms with Crippen LogP contribution in [0.1, 0.15) is 52.9 Å². The summed E-state index contributed by atoms with van der Waals surface area (Å²) in [5.74, 6) is -0.806. The zero-order chi connectivity index (χ0) is 15.3. The molecule has 116 valence electrons. The van der Waals surface area contributed by atoms with Crippen molar-refractivity contribution in [1.82, 2.24) is 4.90 Å². The Hall–Kier alpha value is -1.10. The van der Waals surface area contributed by atoms with Crippen molar-refractivity contribution in [2.24, 2.45) is 5.41 Å². The average molecular weight is 285 g/mol. The fourth-order valence-corrected chi connectivity index (χ4v) is 2.66. The summed E-state index contributed by atoms with van der Waals surface area (Å²) in [4.78, 5) is 24.8. The summed E-state index contributed by atoms with van der Waals surface area (Å²) >= 11 is 0. The third-order valence-corrected chi connectivity index (χ3v) is 3.76. The van der Waals surface area contributed by atoms with Crippen molar-refractivity contribution in [3.05, 3.63) is 0 Å². The quantitative estimate of drug-likeness (QED) is 0.813. The molecule has 1 heterocycles. The van der Waals surface area contributed by atoms with Crippen LogP contribution in [0.15, 0.2) is 0 Å². The largest absolute Gasteiger partial charge is 0.481 e. The van der Waals surface area contributed by atoms with Crippen LogP contribution in [-0.4, -0.2) is 47.7 Å². The highest BCUT2D eigenvalue weighted by Crippen LogP contribution is 2.26. The van der Waals surface area contributed by atoms with E-state index in [4.69, 9.17) is 9.84 Å². The molecule has 20 heavy (non-hydrogen) atoms. The van der Waals surface area contributed by atoms with Gasteiger partial charge in [0.1, 0.15) is 0 Å². The van der Waals surface area contributed by atoms with Gasteiger partial charge in [-0.05, 0) is 24.7 Å². The van der Waals surface area contributed by atoms with Gasteiger partial charge in [-0.15, -0.1) is 0 Å². The lowest BCUT2D eigenvalue weighted by Crippen LogP contribution is -2.37. The molecule has 0 spiro atoms. The fourth-order valence-electron chi connectivity index (χ4n) is 2.66. The molecule has 1 aliphatic heterocycles. The van der Waals surface area contributed by atoms with Gasteiger partial charge in [0, 0.05) is 26.1 Å². The van der Waals surface area contributed by atoms with Gasteiger partial charge in [-0.2, -0.15) is 0 Å². The van der Waals surface area contributed by atoms with Gasteiger partial charge < -0.3 is 14.7 Å².